The summed E-state index contributed by atoms with van der Waals surface area (Å²) < 4.78 is 28.2. The normalized spacial score (nSPS) is 11.9. The lowest BCUT2D eigenvalue weighted by Crippen LogP contribution is -2.28. The van der Waals surface area contributed by atoms with Crippen molar-refractivity contribution in [3.05, 3.63) is 98.0 Å². The maximum Gasteiger partial charge on any atom is 0.278 e. The summed E-state index contributed by atoms with van der Waals surface area (Å²) >= 11 is 5.86. The molecular weight excluding hydrogens is 485 g/mol. The van der Waals surface area contributed by atoms with Gasteiger partial charge in [0.05, 0.1) is 23.4 Å². The number of carbonyl (C=O) groups is 1. The first kappa shape index (κ1) is 23.7. The first-order valence-corrected chi connectivity index (χ1v) is 11.7. The van der Waals surface area contributed by atoms with E-state index >= 15 is 0 Å². The fourth-order valence-corrected chi connectivity index (χ4v) is 4.62. The molecule has 0 saturated heterocycles. The third-order valence-electron chi connectivity index (χ3n) is 6.11. The number of para-hydroxylation sites is 1. The number of halogens is 2. The number of nitrogens with zero attached hydrogens (tertiary/aromatic N) is 2. The van der Waals surface area contributed by atoms with Gasteiger partial charge in [-0.1, -0.05) is 41.4 Å². The summed E-state index contributed by atoms with van der Waals surface area (Å²) in [7, 11) is 1.55. The minimum absolute atomic E-state index is 0.106. The second-order valence-electron chi connectivity index (χ2n) is 8.65. The number of carbonyl (C=O) groups excluding carboxylic acids is 1. The van der Waals surface area contributed by atoms with Crippen LogP contribution in [0.2, 0.25) is 5.02 Å². The van der Waals surface area contributed by atoms with E-state index in [1.807, 2.05) is 44.2 Å². The van der Waals surface area contributed by atoms with Gasteiger partial charge in [-0.3, -0.25) is 9.59 Å². The van der Waals surface area contributed by atoms with Gasteiger partial charge in [0.15, 0.2) is 11.5 Å². The summed E-state index contributed by atoms with van der Waals surface area (Å²) in [5.41, 5.74) is 3.87. The number of anilines is 1. The molecule has 0 aliphatic carbocycles. The lowest BCUT2D eigenvalue weighted by atomic mass is 10.0. The SMILES string of the molecule is COc1cccc2c1Oc1c(c(=O)n(-c3ccc(C)cc3C)n1CC(=O)Nc1ccc(F)c(Cl)c1)C2. The third kappa shape index (κ3) is 4.13. The maximum atomic E-state index is 13.7. The molecule has 2 heterocycles. The zero-order chi connectivity index (χ0) is 25.6. The van der Waals surface area contributed by atoms with Crippen LogP contribution in [0.5, 0.6) is 17.4 Å². The van der Waals surface area contributed by atoms with Gasteiger partial charge in [0.1, 0.15) is 12.4 Å². The summed E-state index contributed by atoms with van der Waals surface area (Å²) in [5.74, 6) is 0.276. The second kappa shape index (κ2) is 9.20. The fraction of sp³-hybridized carbons (Fsp3) is 0.185. The van der Waals surface area contributed by atoms with E-state index in [0.717, 1.165) is 16.7 Å². The van der Waals surface area contributed by atoms with Crippen molar-refractivity contribution in [2.75, 3.05) is 12.4 Å². The topological polar surface area (TPSA) is 74.5 Å². The zero-order valence-corrected chi connectivity index (χ0v) is 20.6. The number of methoxy groups -OCH3 is 1. The predicted octanol–water partition coefficient (Wildman–Crippen LogP) is 5.39. The molecule has 1 aliphatic rings. The Hall–Kier alpha value is -4.04. The van der Waals surface area contributed by atoms with Crippen LogP contribution in [-0.4, -0.2) is 22.4 Å². The molecule has 0 radical (unpaired) electrons. The Morgan fingerprint density at radius 2 is 1.97 bits per heavy atom. The molecule has 0 unspecified atom stereocenters. The number of hydrogen-bond acceptors (Lipinski definition) is 4. The monoisotopic (exact) mass is 507 g/mol. The van der Waals surface area contributed by atoms with Gasteiger partial charge in [0, 0.05) is 17.7 Å². The van der Waals surface area contributed by atoms with E-state index in [2.05, 4.69) is 5.32 Å². The molecule has 0 bridgehead atoms. The summed E-state index contributed by atoms with van der Waals surface area (Å²) in [6, 6.07) is 15.1. The quantitative estimate of drug-likeness (QED) is 0.346. The van der Waals surface area contributed by atoms with Crippen LogP contribution in [0.25, 0.3) is 5.69 Å². The molecule has 36 heavy (non-hydrogen) atoms. The molecule has 5 rings (SSSR count). The van der Waals surface area contributed by atoms with Crippen LogP contribution in [0.4, 0.5) is 10.1 Å². The molecule has 1 N–H and O–H groups in total. The lowest BCUT2D eigenvalue weighted by Gasteiger charge is -2.21. The predicted molar refractivity (Wildman–Crippen MR) is 135 cm³/mol. The standard InChI is InChI=1S/C27H23ClFN3O4/c1-15-7-10-22(16(2)11-15)32-26(34)19-12-17-5-4-6-23(35-3)25(17)36-27(19)31(32)14-24(33)30-18-8-9-21(29)20(28)13-18/h4-11,13H,12,14H2,1-3H3,(H,30,33). The number of aryl methyl sites for hydroxylation is 2. The highest BCUT2D eigenvalue weighted by Gasteiger charge is 2.31. The number of amides is 1. The minimum atomic E-state index is -0.584. The van der Waals surface area contributed by atoms with Crippen LogP contribution in [0.15, 0.2) is 59.4 Å². The van der Waals surface area contributed by atoms with Crippen LogP contribution in [-0.2, 0) is 17.8 Å². The average Bonchev–Trinajstić information content (AvgIpc) is 3.10. The van der Waals surface area contributed by atoms with E-state index in [-0.39, 0.29) is 23.0 Å². The van der Waals surface area contributed by atoms with Gasteiger partial charge in [-0.25, -0.2) is 13.8 Å². The number of aromatic nitrogens is 2. The van der Waals surface area contributed by atoms with Crippen molar-refractivity contribution in [3.63, 3.8) is 0 Å². The van der Waals surface area contributed by atoms with Crippen molar-refractivity contribution in [3.8, 4) is 23.1 Å². The molecule has 184 valence electrons. The summed E-state index contributed by atoms with van der Waals surface area (Å²) in [5, 5.41) is 2.61. The van der Waals surface area contributed by atoms with E-state index in [4.69, 9.17) is 21.1 Å². The van der Waals surface area contributed by atoms with Crippen molar-refractivity contribution < 1.29 is 18.7 Å². The summed E-state index contributed by atoms with van der Waals surface area (Å²) in [6.45, 7) is 3.64. The third-order valence-corrected chi connectivity index (χ3v) is 6.40. The van der Waals surface area contributed by atoms with Crippen LogP contribution in [0.1, 0.15) is 22.3 Å². The number of benzene rings is 3. The van der Waals surface area contributed by atoms with E-state index < -0.39 is 11.7 Å². The molecule has 1 aliphatic heterocycles. The fourth-order valence-electron chi connectivity index (χ4n) is 4.44. The molecular formula is C27H23ClFN3O4. The van der Waals surface area contributed by atoms with Gasteiger partial charge < -0.3 is 14.8 Å². The minimum Gasteiger partial charge on any atom is -0.493 e. The van der Waals surface area contributed by atoms with Crippen molar-refractivity contribution in [2.24, 2.45) is 0 Å². The number of nitrogens with one attached hydrogen (secondary N) is 1. The Kier molecular flexibility index (Phi) is 6.05. The molecule has 1 aromatic heterocycles. The first-order valence-electron chi connectivity index (χ1n) is 11.3. The van der Waals surface area contributed by atoms with Gasteiger partial charge in [-0.2, -0.15) is 0 Å². The zero-order valence-electron chi connectivity index (χ0n) is 19.9. The van der Waals surface area contributed by atoms with Gasteiger partial charge >= 0.3 is 0 Å². The molecule has 0 atom stereocenters. The number of ether oxygens (including phenoxy) is 2. The Bertz CT molecular complexity index is 1570. The molecule has 3 aromatic carbocycles. The highest BCUT2D eigenvalue weighted by Crippen LogP contribution is 2.42. The largest absolute Gasteiger partial charge is 0.493 e. The van der Waals surface area contributed by atoms with Gasteiger partial charge in [0.2, 0.25) is 11.8 Å². The highest BCUT2D eigenvalue weighted by molar-refractivity contribution is 6.31. The van der Waals surface area contributed by atoms with E-state index in [0.29, 0.717) is 34.9 Å². The molecule has 9 heteroatoms. The van der Waals surface area contributed by atoms with E-state index in [9.17, 15) is 14.0 Å². The first-order chi connectivity index (χ1) is 17.3. The Labute approximate surface area is 211 Å². The van der Waals surface area contributed by atoms with Gasteiger partial charge in [0.25, 0.3) is 5.56 Å². The molecule has 7 nitrogen and oxygen atoms in total. The highest BCUT2D eigenvalue weighted by atomic mass is 35.5. The summed E-state index contributed by atoms with van der Waals surface area (Å²) in [6.07, 6.45) is 0.327. The number of rotatable bonds is 5. The maximum absolute atomic E-state index is 13.7. The Morgan fingerprint density at radius 3 is 2.69 bits per heavy atom. The van der Waals surface area contributed by atoms with Crippen LogP contribution < -0.4 is 20.3 Å². The number of hydrogen-bond donors (Lipinski definition) is 1. The summed E-state index contributed by atoms with van der Waals surface area (Å²) in [4.78, 5) is 26.8. The molecule has 0 spiro atoms. The second-order valence-corrected chi connectivity index (χ2v) is 9.06. The van der Waals surface area contributed by atoms with Crippen LogP contribution >= 0.6 is 11.6 Å². The van der Waals surface area contributed by atoms with Crippen molar-refractivity contribution >= 4 is 23.2 Å². The van der Waals surface area contributed by atoms with E-state index in [1.54, 1.807) is 13.2 Å². The van der Waals surface area contributed by atoms with Crippen molar-refractivity contribution in [2.45, 2.75) is 26.8 Å². The molecule has 0 saturated carbocycles. The van der Waals surface area contributed by atoms with Crippen LogP contribution in [0.3, 0.4) is 0 Å². The van der Waals surface area contributed by atoms with E-state index in [1.165, 1.54) is 27.6 Å². The Morgan fingerprint density at radius 1 is 1.17 bits per heavy atom. The van der Waals surface area contributed by atoms with Gasteiger partial charge in [-0.15, -0.1) is 0 Å². The lowest BCUT2D eigenvalue weighted by molar-refractivity contribution is -0.117. The average molecular weight is 508 g/mol. The van der Waals surface area contributed by atoms with Crippen molar-refractivity contribution in [1.82, 2.24) is 9.36 Å². The molecule has 4 aromatic rings. The van der Waals surface area contributed by atoms with Crippen LogP contribution in [0, 0.1) is 19.7 Å². The Balaban J connectivity index is 1.61. The number of fused-ring (bicyclic) bond motifs is 2. The van der Waals surface area contributed by atoms with Gasteiger partial charge in [-0.05, 0) is 49.7 Å². The molecule has 0 fully saturated rings. The van der Waals surface area contributed by atoms with Crippen molar-refractivity contribution in [1.29, 1.82) is 0 Å². The smallest absolute Gasteiger partial charge is 0.278 e. The molecule has 1 amide bonds.